The first kappa shape index (κ1) is 13.1. The normalized spacial score (nSPS) is 23.7. The minimum Gasteiger partial charge on any atom is -0.460 e. The van der Waals surface area contributed by atoms with Crippen LogP contribution in [0.4, 0.5) is 0 Å². The lowest BCUT2D eigenvalue weighted by Crippen LogP contribution is -2.55. The van der Waals surface area contributed by atoms with Crippen molar-refractivity contribution in [2.24, 2.45) is 0 Å². The maximum absolute atomic E-state index is 11.8. The van der Waals surface area contributed by atoms with Crippen molar-refractivity contribution in [1.29, 1.82) is 0 Å². The van der Waals surface area contributed by atoms with Crippen LogP contribution < -0.4 is 10.6 Å². The molecule has 1 amide bonds. The summed E-state index contributed by atoms with van der Waals surface area (Å²) in [5, 5.41) is 17.2. The number of furan rings is 1. The summed E-state index contributed by atoms with van der Waals surface area (Å²) in [7, 11) is 0. The maximum atomic E-state index is 11.8. The zero-order valence-electron chi connectivity index (χ0n) is 10.9. The summed E-state index contributed by atoms with van der Waals surface area (Å²) >= 11 is 0. The molecule has 1 atom stereocenters. The Hall–Kier alpha value is -1.93. The molecule has 0 saturated carbocycles. The number of nitrogens with one attached hydrogen (secondary N) is 2. The van der Waals surface area contributed by atoms with Gasteiger partial charge in [-0.3, -0.25) is 20.2 Å². The van der Waals surface area contributed by atoms with E-state index in [1.807, 2.05) is 0 Å². The standard InChI is InChI=1S/C12H16N4O4/c17-11-12(14-8-13-11)3-5-15(6-4-12)10(16(18)19)9-2-1-7-20-9/h1-2,7,10,14H,3-6,8H2,(H,13,17). The molecule has 0 radical (unpaired) electrons. The van der Waals surface area contributed by atoms with Gasteiger partial charge in [0, 0.05) is 18.0 Å². The van der Waals surface area contributed by atoms with Crippen molar-refractivity contribution >= 4 is 5.91 Å². The van der Waals surface area contributed by atoms with Gasteiger partial charge in [-0.2, -0.15) is 0 Å². The molecule has 3 rings (SSSR count). The summed E-state index contributed by atoms with van der Waals surface area (Å²) in [6.45, 7) is 1.43. The molecule has 2 aliphatic rings. The number of rotatable bonds is 3. The summed E-state index contributed by atoms with van der Waals surface area (Å²) in [5.74, 6) is 0.322. The summed E-state index contributed by atoms with van der Waals surface area (Å²) in [4.78, 5) is 24.5. The molecule has 108 valence electrons. The fraction of sp³-hybridized carbons (Fsp3) is 0.583. The molecule has 2 N–H and O–H groups in total. The second-order valence-corrected chi connectivity index (χ2v) is 5.15. The quantitative estimate of drug-likeness (QED) is 0.600. The molecular formula is C12H16N4O4. The number of likely N-dealkylation sites (tertiary alicyclic amines) is 1. The van der Waals surface area contributed by atoms with Crippen LogP contribution in [-0.4, -0.2) is 41.0 Å². The lowest BCUT2D eigenvalue weighted by Gasteiger charge is -2.37. The predicted octanol–water partition coefficient (Wildman–Crippen LogP) is 0.0664. The lowest BCUT2D eigenvalue weighted by atomic mass is 9.87. The fourth-order valence-corrected chi connectivity index (χ4v) is 2.95. The van der Waals surface area contributed by atoms with E-state index in [2.05, 4.69) is 10.6 Å². The summed E-state index contributed by atoms with van der Waals surface area (Å²) in [6.07, 6.45) is 1.57. The van der Waals surface area contributed by atoms with E-state index in [4.69, 9.17) is 4.42 Å². The van der Waals surface area contributed by atoms with Gasteiger partial charge in [0.15, 0.2) is 5.76 Å². The Balaban J connectivity index is 1.73. The molecule has 1 aromatic rings. The predicted molar refractivity (Wildman–Crippen MR) is 68.1 cm³/mol. The lowest BCUT2D eigenvalue weighted by molar-refractivity contribution is -0.562. The Kier molecular flexibility index (Phi) is 3.19. The van der Waals surface area contributed by atoms with Gasteiger partial charge in [0.05, 0.1) is 12.9 Å². The van der Waals surface area contributed by atoms with Crippen molar-refractivity contribution in [3.8, 4) is 0 Å². The molecule has 0 aromatic carbocycles. The average Bonchev–Trinajstić information content (AvgIpc) is 3.04. The minimum absolute atomic E-state index is 0.00667. The third-order valence-corrected chi connectivity index (χ3v) is 4.11. The number of hydrogen-bond acceptors (Lipinski definition) is 6. The second kappa shape index (κ2) is 4.88. The molecule has 1 unspecified atom stereocenters. The number of amides is 1. The van der Waals surface area contributed by atoms with E-state index in [9.17, 15) is 14.9 Å². The van der Waals surface area contributed by atoms with Gasteiger partial charge in [-0.1, -0.05) is 0 Å². The summed E-state index contributed by atoms with van der Waals surface area (Å²) in [5.41, 5.74) is -0.555. The number of hydrogen-bond donors (Lipinski definition) is 2. The minimum atomic E-state index is -0.980. The third kappa shape index (κ3) is 2.06. The SMILES string of the molecule is O=C1NCNC12CCN(C(c1ccco1)[N+](=O)[O-])CC2. The summed E-state index contributed by atoms with van der Waals surface area (Å²) < 4.78 is 5.17. The van der Waals surface area contributed by atoms with Gasteiger partial charge in [0.25, 0.3) is 0 Å². The van der Waals surface area contributed by atoms with Gasteiger partial charge in [-0.05, 0) is 25.0 Å². The van der Waals surface area contributed by atoms with Crippen LogP contribution in [0, 0.1) is 10.1 Å². The molecule has 1 aromatic heterocycles. The molecule has 8 heteroatoms. The Labute approximate surface area is 115 Å². The van der Waals surface area contributed by atoms with Crippen LogP contribution in [0.2, 0.25) is 0 Å². The van der Waals surface area contributed by atoms with Crippen LogP contribution >= 0.6 is 0 Å². The first-order valence-corrected chi connectivity index (χ1v) is 6.57. The highest BCUT2D eigenvalue weighted by atomic mass is 16.6. The van der Waals surface area contributed by atoms with Crippen molar-refractivity contribution in [1.82, 2.24) is 15.5 Å². The molecule has 0 aliphatic carbocycles. The largest absolute Gasteiger partial charge is 0.460 e. The van der Waals surface area contributed by atoms with Crippen molar-refractivity contribution in [2.45, 2.75) is 24.5 Å². The molecule has 8 nitrogen and oxygen atoms in total. The zero-order valence-corrected chi connectivity index (χ0v) is 10.9. The smallest absolute Gasteiger partial charge is 0.326 e. The molecule has 2 fully saturated rings. The van der Waals surface area contributed by atoms with Gasteiger partial charge in [0.1, 0.15) is 5.54 Å². The highest BCUT2D eigenvalue weighted by Crippen LogP contribution is 2.30. The van der Waals surface area contributed by atoms with Crippen molar-refractivity contribution < 1.29 is 14.1 Å². The molecule has 2 saturated heterocycles. The number of carbonyl (C=O) groups excluding carboxylic acids is 1. The Bertz CT molecular complexity index is 508. The Morgan fingerprint density at radius 1 is 1.45 bits per heavy atom. The molecule has 3 heterocycles. The van der Waals surface area contributed by atoms with E-state index in [-0.39, 0.29) is 10.8 Å². The second-order valence-electron chi connectivity index (χ2n) is 5.15. The van der Waals surface area contributed by atoms with E-state index >= 15 is 0 Å². The molecule has 2 aliphatic heterocycles. The first-order chi connectivity index (χ1) is 9.62. The highest BCUT2D eigenvalue weighted by Gasteiger charge is 2.47. The van der Waals surface area contributed by atoms with Gasteiger partial charge < -0.3 is 9.73 Å². The summed E-state index contributed by atoms with van der Waals surface area (Å²) in [6, 6.07) is 3.25. The number of carbonyl (C=O) groups is 1. The van der Waals surface area contributed by atoms with Gasteiger partial charge in [0.2, 0.25) is 5.91 Å². The van der Waals surface area contributed by atoms with Crippen LogP contribution in [0.1, 0.15) is 24.8 Å². The first-order valence-electron chi connectivity index (χ1n) is 6.57. The van der Waals surface area contributed by atoms with Crippen LogP contribution in [0.25, 0.3) is 0 Å². The number of nitrogens with zero attached hydrogens (tertiary/aromatic N) is 2. The van der Waals surface area contributed by atoms with E-state index in [0.29, 0.717) is 38.4 Å². The van der Waals surface area contributed by atoms with Gasteiger partial charge in [-0.15, -0.1) is 0 Å². The van der Waals surface area contributed by atoms with Gasteiger partial charge >= 0.3 is 6.17 Å². The number of nitro groups is 1. The molecule has 1 spiro atoms. The Morgan fingerprint density at radius 3 is 2.70 bits per heavy atom. The fourth-order valence-electron chi connectivity index (χ4n) is 2.95. The average molecular weight is 280 g/mol. The van der Waals surface area contributed by atoms with Crippen molar-refractivity contribution in [3.63, 3.8) is 0 Å². The van der Waals surface area contributed by atoms with E-state index in [1.165, 1.54) is 6.26 Å². The highest BCUT2D eigenvalue weighted by molar-refractivity contribution is 5.88. The van der Waals surface area contributed by atoms with Crippen LogP contribution in [0.3, 0.4) is 0 Å². The van der Waals surface area contributed by atoms with E-state index in [0.717, 1.165) is 0 Å². The Morgan fingerprint density at radius 2 is 2.20 bits per heavy atom. The van der Waals surface area contributed by atoms with Gasteiger partial charge in [-0.25, -0.2) is 4.90 Å². The van der Waals surface area contributed by atoms with Crippen LogP contribution in [0.5, 0.6) is 0 Å². The third-order valence-electron chi connectivity index (χ3n) is 4.11. The topological polar surface area (TPSA) is 101 Å². The monoisotopic (exact) mass is 280 g/mol. The zero-order chi connectivity index (χ0) is 14.2. The van der Waals surface area contributed by atoms with Crippen LogP contribution in [0.15, 0.2) is 22.8 Å². The molecule has 20 heavy (non-hydrogen) atoms. The molecule has 0 bridgehead atoms. The number of piperidine rings is 1. The maximum Gasteiger partial charge on any atom is 0.326 e. The van der Waals surface area contributed by atoms with E-state index < -0.39 is 11.7 Å². The van der Waals surface area contributed by atoms with Crippen molar-refractivity contribution in [2.75, 3.05) is 19.8 Å². The van der Waals surface area contributed by atoms with E-state index in [1.54, 1.807) is 17.0 Å². The molecular weight excluding hydrogens is 264 g/mol. The van der Waals surface area contributed by atoms with Crippen molar-refractivity contribution in [3.05, 3.63) is 34.3 Å². The van der Waals surface area contributed by atoms with Crippen LogP contribution in [-0.2, 0) is 4.79 Å².